The average Bonchev–Trinajstić information content (AvgIpc) is 2.27. The molecule has 1 aromatic carbocycles. The van der Waals surface area contributed by atoms with Crippen LogP contribution in [-0.4, -0.2) is 20.2 Å². The van der Waals surface area contributed by atoms with Crippen LogP contribution in [-0.2, 0) is 4.74 Å². The minimum absolute atomic E-state index is 0.261. The minimum atomic E-state index is -0.514. The van der Waals surface area contributed by atoms with E-state index in [1.165, 1.54) is 20.3 Å². The van der Waals surface area contributed by atoms with E-state index in [2.05, 4.69) is 4.74 Å². The van der Waals surface area contributed by atoms with E-state index in [-0.39, 0.29) is 5.56 Å². The van der Waals surface area contributed by atoms with Crippen LogP contribution in [0.15, 0.2) is 12.1 Å². The molecule has 1 rings (SSSR count). The van der Waals surface area contributed by atoms with Crippen molar-refractivity contribution >= 4 is 28.6 Å². The van der Waals surface area contributed by atoms with Crippen molar-refractivity contribution in [3.05, 3.63) is 26.8 Å². The second kappa shape index (κ2) is 4.98. The molecule has 0 N–H and O–H groups in total. The number of nitriles is 1. The number of benzene rings is 1. The number of carbonyl (C=O) groups is 1. The van der Waals surface area contributed by atoms with Gasteiger partial charge in [-0.25, -0.2) is 4.79 Å². The summed E-state index contributed by atoms with van der Waals surface area (Å²) in [6.07, 6.45) is 0. The van der Waals surface area contributed by atoms with E-state index in [4.69, 9.17) is 10.00 Å². The molecule has 0 heterocycles. The van der Waals surface area contributed by atoms with E-state index >= 15 is 0 Å². The van der Waals surface area contributed by atoms with Crippen LogP contribution in [0.25, 0.3) is 0 Å². The van der Waals surface area contributed by atoms with Crippen molar-refractivity contribution in [3.63, 3.8) is 0 Å². The van der Waals surface area contributed by atoms with E-state index in [0.29, 0.717) is 11.3 Å². The summed E-state index contributed by atoms with van der Waals surface area (Å²) in [5, 5.41) is 8.81. The monoisotopic (exact) mass is 317 g/mol. The Bertz CT molecular complexity index is 437. The normalized spacial score (nSPS) is 9.20. The van der Waals surface area contributed by atoms with E-state index in [0.717, 1.165) is 3.57 Å². The maximum absolute atomic E-state index is 11.4. The molecule has 78 valence electrons. The van der Waals surface area contributed by atoms with Gasteiger partial charge in [-0.05, 0) is 34.7 Å². The highest BCUT2D eigenvalue weighted by atomic mass is 127. The zero-order chi connectivity index (χ0) is 11.4. The number of esters is 1. The van der Waals surface area contributed by atoms with Gasteiger partial charge in [0.05, 0.1) is 19.8 Å². The average molecular weight is 317 g/mol. The van der Waals surface area contributed by atoms with Gasteiger partial charge in [-0.15, -0.1) is 0 Å². The first-order valence-electron chi connectivity index (χ1n) is 4.00. The van der Waals surface area contributed by atoms with Gasteiger partial charge in [0.25, 0.3) is 0 Å². The molecule has 0 amide bonds. The first-order chi connectivity index (χ1) is 7.13. The molecule has 5 heteroatoms. The highest BCUT2D eigenvalue weighted by Gasteiger charge is 2.15. The molecule has 0 atom stereocenters. The first-order valence-corrected chi connectivity index (χ1v) is 5.07. The number of halogens is 1. The summed E-state index contributed by atoms with van der Waals surface area (Å²) in [4.78, 5) is 11.4. The predicted octanol–water partition coefficient (Wildman–Crippen LogP) is 1.96. The Hall–Kier alpha value is -1.29. The lowest BCUT2D eigenvalue weighted by Gasteiger charge is -2.07. The third-order valence-electron chi connectivity index (χ3n) is 1.81. The van der Waals surface area contributed by atoms with Crippen molar-refractivity contribution in [2.45, 2.75) is 0 Å². The van der Waals surface area contributed by atoms with Crippen molar-refractivity contribution in [1.29, 1.82) is 5.26 Å². The highest BCUT2D eigenvalue weighted by Crippen LogP contribution is 2.25. The van der Waals surface area contributed by atoms with Crippen LogP contribution >= 0.6 is 22.6 Å². The Balaban J connectivity index is 3.36. The molecule has 4 nitrogen and oxygen atoms in total. The standard InChI is InChI=1S/C10H8INO3/c1-14-9-4-8(11)6(5-12)3-7(9)10(13)15-2/h3-4H,1-2H3. The van der Waals surface area contributed by atoms with Crippen LogP contribution in [0.4, 0.5) is 0 Å². The van der Waals surface area contributed by atoms with Crippen LogP contribution < -0.4 is 4.74 Å². The summed E-state index contributed by atoms with van der Waals surface area (Å²) in [6.45, 7) is 0. The van der Waals surface area contributed by atoms with Gasteiger partial charge >= 0.3 is 5.97 Å². The molecule has 0 bridgehead atoms. The number of ether oxygens (including phenoxy) is 2. The van der Waals surface area contributed by atoms with Gasteiger partial charge < -0.3 is 9.47 Å². The van der Waals surface area contributed by atoms with Crippen molar-refractivity contribution in [3.8, 4) is 11.8 Å². The highest BCUT2D eigenvalue weighted by molar-refractivity contribution is 14.1. The van der Waals surface area contributed by atoms with Crippen molar-refractivity contribution in [2.24, 2.45) is 0 Å². The molecule has 0 fully saturated rings. The molecule has 0 aliphatic rings. The molecule has 0 aliphatic carbocycles. The summed E-state index contributed by atoms with van der Waals surface area (Å²) < 4.78 is 10.4. The molecule has 15 heavy (non-hydrogen) atoms. The van der Waals surface area contributed by atoms with Crippen molar-refractivity contribution in [1.82, 2.24) is 0 Å². The third-order valence-corrected chi connectivity index (χ3v) is 2.71. The lowest BCUT2D eigenvalue weighted by molar-refractivity contribution is 0.0597. The molecule has 0 aromatic heterocycles. The molecule has 0 saturated carbocycles. The zero-order valence-electron chi connectivity index (χ0n) is 8.20. The Morgan fingerprint density at radius 2 is 2.13 bits per heavy atom. The molecular weight excluding hydrogens is 309 g/mol. The maximum Gasteiger partial charge on any atom is 0.341 e. The van der Waals surface area contributed by atoms with E-state index in [1.807, 2.05) is 28.7 Å². The number of rotatable bonds is 2. The quantitative estimate of drug-likeness (QED) is 0.618. The fourth-order valence-electron chi connectivity index (χ4n) is 1.08. The van der Waals surface area contributed by atoms with Gasteiger partial charge in [0, 0.05) is 3.57 Å². The van der Waals surface area contributed by atoms with Crippen LogP contribution in [0.2, 0.25) is 0 Å². The van der Waals surface area contributed by atoms with Crippen LogP contribution in [0.5, 0.6) is 5.75 Å². The molecule has 0 spiro atoms. The van der Waals surface area contributed by atoms with E-state index in [1.54, 1.807) is 6.07 Å². The molecule has 0 unspecified atom stereocenters. The van der Waals surface area contributed by atoms with Crippen LogP contribution in [0.1, 0.15) is 15.9 Å². The molecule has 0 aliphatic heterocycles. The first kappa shape index (κ1) is 11.8. The van der Waals surface area contributed by atoms with Gasteiger partial charge in [-0.3, -0.25) is 0 Å². The lowest BCUT2D eigenvalue weighted by atomic mass is 10.1. The smallest absolute Gasteiger partial charge is 0.341 e. The summed E-state index contributed by atoms with van der Waals surface area (Å²) in [7, 11) is 2.75. The zero-order valence-corrected chi connectivity index (χ0v) is 10.4. The van der Waals surface area contributed by atoms with E-state index < -0.39 is 5.97 Å². The Morgan fingerprint density at radius 1 is 1.47 bits per heavy atom. The van der Waals surface area contributed by atoms with Crippen molar-refractivity contribution in [2.75, 3.05) is 14.2 Å². The Kier molecular flexibility index (Phi) is 3.91. The summed E-state index contributed by atoms with van der Waals surface area (Å²) in [6, 6.07) is 5.09. The molecule has 1 aromatic rings. The van der Waals surface area contributed by atoms with Gasteiger partial charge in [-0.1, -0.05) is 0 Å². The SMILES string of the molecule is COC(=O)c1cc(C#N)c(I)cc1OC. The second-order valence-corrected chi connectivity index (χ2v) is 3.80. The van der Waals surface area contributed by atoms with Gasteiger partial charge in [0.1, 0.15) is 17.4 Å². The molecular formula is C10H8INO3. The maximum atomic E-state index is 11.4. The minimum Gasteiger partial charge on any atom is -0.496 e. The fourth-order valence-corrected chi connectivity index (χ4v) is 1.64. The lowest BCUT2D eigenvalue weighted by Crippen LogP contribution is -2.05. The summed E-state index contributed by atoms with van der Waals surface area (Å²) >= 11 is 2.01. The second-order valence-electron chi connectivity index (χ2n) is 2.64. The number of hydrogen-bond donors (Lipinski definition) is 0. The number of methoxy groups -OCH3 is 2. The fraction of sp³-hybridized carbons (Fsp3) is 0.200. The van der Waals surface area contributed by atoms with Gasteiger partial charge in [-0.2, -0.15) is 5.26 Å². The van der Waals surface area contributed by atoms with Crippen LogP contribution in [0, 0.1) is 14.9 Å². The third kappa shape index (κ3) is 2.39. The number of nitrogens with zero attached hydrogens (tertiary/aromatic N) is 1. The topological polar surface area (TPSA) is 59.3 Å². The molecule has 0 saturated heterocycles. The Labute approximate surface area is 101 Å². The predicted molar refractivity (Wildman–Crippen MR) is 61.8 cm³/mol. The van der Waals surface area contributed by atoms with Crippen molar-refractivity contribution < 1.29 is 14.3 Å². The molecule has 0 radical (unpaired) electrons. The van der Waals surface area contributed by atoms with Gasteiger partial charge in [0.15, 0.2) is 0 Å². The van der Waals surface area contributed by atoms with Crippen LogP contribution in [0.3, 0.4) is 0 Å². The van der Waals surface area contributed by atoms with Gasteiger partial charge in [0.2, 0.25) is 0 Å². The number of carbonyl (C=O) groups excluding carboxylic acids is 1. The largest absolute Gasteiger partial charge is 0.496 e. The Morgan fingerprint density at radius 3 is 2.60 bits per heavy atom. The summed E-state index contributed by atoms with van der Waals surface area (Å²) in [5.74, 6) is -0.106. The van der Waals surface area contributed by atoms with E-state index in [9.17, 15) is 4.79 Å². The number of hydrogen-bond acceptors (Lipinski definition) is 4. The summed E-state index contributed by atoms with van der Waals surface area (Å²) in [5.41, 5.74) is 0.689.